The molecule has 0 aromatic rings. The highest BCUT2D eigenvalue weighted by molar-refractivity contribution is 5.95. The van der Waals surface area contributed by atoms with Crippen LogP contribution in [0.4, 0.5) is 0 Å². The monoisotopic (exact) mass is 223 g/mol. The normalized spacial score (nSPS) is 19.5. The maximum Gasteiger partial charge on any atom is 0.158 e. The second-order valence-corrected chi connectivity index (χ2v) is 4.82. The highest BCUT2D eigenvalue weighted by Gasteiger charge is 2.15. The summed E-state index contributed by atoms with van der Waals surface area (Å²) < 4.78 is 0. The number of hydrogen-bond acceptors (Lipinski definition) is 2. The number of ketones is 1. The SMILES string of the molecule is CCC(CN)CC(=O)C1=CCCCCCC1. The number of carbonyl (C=O) groups excluding carboxylic acids is 1. The molecule has 92 valence electrons. The molecule has 0 saturated heterocycles. The summed E-state index contributed by atoms with van der Waals surface area (Å²) >= 11 is 0. The van der Waals surface area contributed by atoms with Gasteiger partial charge in [0.2, 0.25) is 0 Å². The van der Waals surface area contributed by atoms with Gasteiger partial charge in [0.1, 0.15) is 0 Å². The first-order valence-electron chi connectivity index (χ1n) is 6.70. The lowest BCUT2D eigenvalue weighted by atomic mass is 9.91. The Hall–Kier alpha value is -0.630. The fourth-order valence-corrected chi connectivity index (χ4v) is 2.23. The van der Waals surface area contributed by atoms with Gasteiger partial charge < -0.3 is 5.73 Å². The lowest BCUT2D eigenvalue weighted by molar-refractivity contribution is -0.116. The fraction of sp³-hybridized carbons (Fsp3) is 0.786. The van der Waals surface area contributed by atoms with Crippen LogP contribution in [0.5, 0.6) is 0 Å². The van der Waals surface area contributed by atoms with Gasteiger partial charge in [-0.3, -0.25) is 4.79 Å². The number of allylic oxidation sites excluding steroid dienone is 2. The Bertz CT molecular complexity index is 241. The molecule has 1 atom stereocenters. The van der Waals surface area contributed by atoms with E-state index in [1.807, 2.05) is 0 Å². The summed E-state index contributed by atoms with van der Waals surface area (Å²) in [7, 11) is 0. The molecule has 2 heteroatoms. The summed E-state index contributed by atoms with van der Waals surface area (Å²) in [6.45, 7) is 2.74. The topological polar surface area (TPSA) is 43.1 Å². The van der Waals surface area contributed by atoms with E-state index in [4.69, 9.17) is 5.73 Å². The van der Waals surface area contributed by atoms with Crippen molar-refractivity contribution in [1.82, 2.24) is 0 Å². The molecule has 1 rings (SSSR count). The first-order chi connectivity index (χ1) is 7.77. The second kappa shape index (κ2) is 7.61. The second-order valence-electron chi connectivity index (χ2n) is 4.82. The van der Waals surface area contributed by atoms with Crippen molar-refractivity contribution in [3.8, 4) is 0 Å². The number of hydrogen-bond donors (Lipinski definition) is 1. The number of carbonyl (C=O) groups is 1. The molecular weight excluding hydrogens is 198 g/mol. The van der Waals surface area contributed by atoms with Crippen molar-refractivity contribution >= 4 is 5.78 Å². The molecule has 0 radical (unpaired) electrons. The van der Waals surface area contributed by atoms with E-state index in [1.165, 1.54) is 25.7 Å². The molecule has 0 aromatic carbocycles. The van der Waals surface area contributed by atoms with Gasteiger partial charge in [-0.2, -0.15) is 0 Å². The molecule has 2 N–H and O–H groups in total. The van der Waals surface area contributed by atoms with Crippen LogP contribution in [-0.2, 0) is 4.79 Å². The highest BCUT2D eigenvalue weighted by atomic mass is 16.1. The lowest BCUT2D eigenvalue weighted by Gasteiger charge is -2.14. The predicted octanol–water partition coefficient (Wildman–Crippen LogP) is 3.21. The number of rotatable bonds is 5. The van der Waals surface area contributed by atoms with E-state index in [0.29, 0.717) is 24.7 Å². The Labute approximate surface area is 99.3 Å². The van der Waals surface area contributed by atoms with Crippen LogP contribution < -0.4 is 5.73 Å². The molecule has 0 heterocycles. The van der Waals surface area contributed by atoms with Crippen molar-refractivity contribution in [3.05, 3.63) is 11.6 Å². The fourth-order valence-electron chi connectivity index (χ4n) is 2.23. The molecule has 0 saturated carbocycles. The molecule has 0 bridgehead atoms. The zero-order valence-electron chi connectivity index (χ0n) is 10.5. The standard InChI is InChI=1S/C14H25NO/c1-2-12(11-15)10-14(16)13-8-6-4-3-5-7-9-13/h8,12H,2-7,9-11,15H2,1H3. The van der Waals surface area contributed by atoms with Gasteiger partial charge in [-0.05, 0) is 43.7 Å². The summed E-state index contributed by atoms with van der Waals surface area (Å²) in [6, 6.07) is 0. The third-order valence-corrected chi connectivity index (χ3v) is 3.53. The minimum atomic E-state index is 0.346. The van der Waals surface area contributed by atoms with E-state index in [1.54, 1.807) is 0 Å². The van der Waals surface area contributed by atoms with Gasteiger partial charge in [0.25, 0.3) is 0 Å². The summed E-state index contributed by atoms with van der Waals surface area (Å²) in [6.07, 6.45) is 10.9. The Morgan fingerprint density at radius 2 is 2.12 bits per heavy atom. The summed E-state index contributed by atoms with van der Waals surface area (Å²) in [5, 5.41) is 0. The van der Waals surface area contributed by atoms with Gasteiger partial charge in [0.05, 0.1) is 0 Å². The molecule has 2 nitrogen and oxygen atoms in total. The smallest absolute Gasteiger partial charge is 0.158 e. The minimum absolute atomic E-state index is 0.346. The van der Waals surface area contributed by atoms with Gasteiger partial charge in [-0.1, -0.05) is 32.3 Å². The minimum Gasteiger partial charge on any atom is -0.330 e. The van der Waals surface area contributed by atoms with Gasteiger partial charge in [-0.25, -0.2) is 0 Å². The zero-order chi connectivity index (χ0) is 11.8. The van der Waals surface area contributed by atoms with Crippen molar-refractivity contribution in [2.24, 2.45) is 11.7 Å². The maximum atomic E-state index is 12.1. The van der Waals surface area contributed by atoms with Crippen molar-refractivity contribution in [3.63, 3.8) is 0 Å². The van der Waals surface area contributed by atoms with Crippen LogP contribution in [0.15, 0.2) is 11.6 Å². The predicted molar refractivity (Wildman–Crippen MR) is 68.2 cm³/mol. The van der Waals surface area contributed by atoms with Crippen LogP contribution in [0.1, 0.15) is 58.3 Å². The van der Waals surface area contributed by atoms with Crippen molar-refractivity contribution in [1.29, 1.82) is 0 Å². The Morgan fingerprint density at radius 3 is 2.81 bits per heavy atom. The van der Waals surface area contributed by atoms with Crippen molar-refractivity contribution in [2.75, 3.05) is 6.54 Å². The van der Waals surface area contributed by atoms with Gasteiger partial charge in [0.15, 0.2) is 5.78 Å². The van der Waals surface area contributed by atoms with Crippen molar-refractivity contribution < 1.29 is 4.79 Å². The van der Waals surface area contributed by atoms with Crippen LogP contribution in [0.25, 0.3) is 0 Å². The van der Waals surface area contributed by atoms with E-state index in [-0.39, 0.29) is 0 Å². The van der Waals surface area contributed by atoms with Crippen LogP contribution >= 0.6 is 0 Å². The van der Waals surface area contributed by atoms with Gasteiger partial charge in [0, 0.05) is 6.42 Å². The molecule has 0 aliphatic heterocycles. The third-order valence-electron chi connectivity index (χ3n) is 3.53. The largest absolute Gasteiger partial charge is 0.330 e. The first kappa shape index (κ1) is 13.4. The average molecular weight is 223 g/mol. The van der Waals surface area contributed by atoms with E-state index >= 15 is 0 Å². The van der Waals surface area contributed by atoms with E-state index in [9.17, 15) is 4.79 Å². The molecule has 0 aromatic heterocycles. The average Bonchev–Trinajstić information content (AvgIpc) is 2.25. The molecule has 1 unspecified atom stereocenters. The zero-order valence-corrected chi connectivity index (χ0v) is 10.5. The van der Waals surface area contributed by atoms with Crippen molar-refractivity contribution in [2.45, 2.75) is 58.3 Å². The van der Waals surface area contributed by atoms with Crippen LogP contribution in [0.3, 0.4) is 0 Å². The van der Waals surface area contributed by atoms with Crippen LogP contribution in [-0.4, -0.2) is 12.3 Å². The third kappa shape index (κ3) is 4.48. The summed E-state index contributed by atoms with van der Waals surface area (Å²) in [4.78, 5) is 12.1. The highest BCUT2D eigenvalue weighted by Crippen LogP contribution is 2.20. The molecule has 1 aliphatic carbocycles. The molecule has 0 fully saturated rings. The van der Waals surface area contributed by atoms with E-state index in [2.05, 4.69) is 13.0 Å². The van der Waals surface area contributed by atoms with Gasteiger partial charge >= 0.3 is 0 Å². The quantitative estimate of drug-likeness (QED) is 0.777. The summed E-state index contributed by atoms with van der Waals surface area (Å²) in [5.74, 6) is 0.720. The molecule has 1 aliphatic rings. The Balaban J connectivity index is 2.50. The Morgan fingerprint density at radius 1 is 1.38 bits per heavy atom. The van der Waals surface area contributed by atoms with Crippen LogP contribution in [0.2, 0.25) is 0 Å². The summed E-state index contributed by atoms with van der Waals surface area (Å²) in [5.41, 5.74) is 6.72. The molecular formula is C14H25NO. The first-order valence-corrected chi connectivity index (χ1v) is 6.70. The number of nitrogens with two attached hydrogens (primary N) is 1. The molecule has 0 amide bonds. The van der Waals surface area contributed by atoms with E-state index in [0.717, 1.165) is 24.8 Å². The Kier molecular flexibility index (Phi) is 6.39. The molecule has 0 spiro atoms. The van der Waals surface area contributed by atoms with E-state index < -0.39 is 0 Å². The number of Topliss-reactive ketones (excluding diaryl/α,β-unsaturated/α-hetero) is 1. The van der Waals surface area contributed by atoms with Gasteiger partial charge in [-0.15, -0.1) is 0 Å². The molecule has 16 heavy (non-hydrogen) atoms. The van der Waals surface area contributed by atoms with Crippen LogP contribution in [0, 0.1) is 5.92 Å². The maximum absolute atomic E-state index is 12.1. The lowest BCUT2D eigenvalue weighted by Crippen LogP contribution is -2.18.